The Kier molecular flexibility index (Phi) is 10.9. The van der Waals surface area contributed by atoms with E-state index in [0.29, 0.717) is 6.54 Å². The van der Waals surface area contributed by atoms with Gasteiger partial charge in [-0.15, -0.1) is 0 Å². The third-order valence-corrected chi connectivity index (χ3v) is 9.15. The highest BCUT2D eigenvalue weighted by Crippen LogP contribution is 2.42. The van der Waals surface area contributed by atoms with E-state index in [0.717, 1.165) is 95.8 Å². The molecule has 0 spiro atoms. The predicted molar refractivity (Wildman–Crippen MR) is 168 cm³/mol. The van der Waals surface area contributed by atoms with Crippen molar-refractivity contribution in [3.63, 3.8) is 0 Å². The average molecular weight is 601 g/mol. The van der Waals surface area contributed by atoms with Gasteiger partial charge in [0.2, 0.25) is 0 Å². The summed E-state index contributed by atoms with van der Waals surface area (Å²) in [5.74, 6) is 1.54. The molecule has 0 bridgehead atoms. The second kappa shape index (κ2) is 14.4. The van der Waals surface area contributed by atoms with Gasteiger partial charge in [-0.3, -0.25) is 0 Å². The van der Waals surface area contributed by atoms with Crippen LogP contribution in [0.3, 0.4) is 0 Å². The van der Waals surface area contributed by atoms with E-state index in [4.69, 9.17) is 24.0 Å². The number of hydrogen-bond donors (Lipinski definition) is 0. The highest BCUT2D eigenvalue weighted by atomic mass is 16.6. The fourth-order valence-electron chi connectivity index (χ4n) is 5.93. The van der Waals surface area contributed by atoms with E-state index < -0.39 is 5.60 Å². The second-order valence-electron chi connectivity index (χ2n) is 14.8. The van der Waals surface area contributed by atoms with E-state index in [-0.39, 0.29) is 17.7 Å². The molecule has 9 nitrogen and oxygen atoms in total. The first kappa shape index (κ1) is 32.5. The van der Waals surface area contributed by atoms with Gasteiger partial charge in [-0.05, 0) is 109 Å². The van der Waals surface area contributed by atoms with Crippen LogP contribution in [0.2, 0.25) is 0 Å². The number of ether oxygens (including phenoxy) is 4. The molecule has 43 heavy (non-hydrogen) atoms. The summed E-state index contributed by atoms with van der Waals surface area (Å²) in [6, 6.07) is 0. The van der Waals surface area contributed by atoms with Crippen molar-refractivity contribution < 1.29 is 23.7 Å². The number of likely N-dealkylation sites (N-methyl/N-ethyl adjacent to an activating group) is 2. The lowest BCUT2D eigenvalue weighted by atomic mass is 9.75. The van der Waals surface area contributed by atoms with E-state index in [1.807, 2.05) is 20.8 Å². The van der Waals surface area contributed by atoms with Crippen molar-refractivity contribution in [3.8, 4) is 0 Å². The first-order valence-electron chi connectivity index (χ1n) is 16.8. The summed E-state index contributed by atoms with van der Waals surface area (Å²) >= 11 is 0. The van der Waals surface area contributed by atoms with Gasteiger partial charge in [0.1, 0.15) is 11.8 Å². The zero-order valence-corrected chi connectivity index (χ0v) is 27.4. The quantitative estimate of drug-likeness (QED) is 0.234. The largest absolute Gasteiger partial charge is 0.444 e. The van der Waals surface area contributed by atoms with Crippen LogP contribution in [0.15, 0.2) is 12.3 Å². The fourth-order valence-corrected chi connectivity index (χ4v) is 5.93. The predicted octanol–water partition coefficient (Wildman–Crippen LogP) is 6.29. The molecule has 1 saturated heterocycles. The minimum absolute atomic E-state index is 0.000197. The van der Waals surface area contributed by atoms with Gasteiger partial charge in [0, 0.05) is 63.7 Å². The SMILES string of the molecule is CN(CCN(C)C(=O)OC(C)(C)C)Cc1cn(C2CCCCO2)nc1C1=CCC(COCC2CC2)(COCC2CC2)CC1. The van der Waals surface area contributed by atoms with Crippen molar-refractivity contribution >= 4 is 11.7 Å². The van der Waals surface area contributed by atoms with Gasteiger partial charge >= 0.3 is 6.09 Å². The fraction of sp³-hybridized carbons (Fsp3) is 0.824. The van der Waals surface area contributed by atoms with Gasteiger partial charge in [-0.1, -0.05) is 6.08 Å². The van der Waals surface area contributed by atoms with Crippen LogP contribution >= 0.6 is 0 Å². The summed E-state index contributed by atoms with van der Waals surface area (Å²) in [5.41, 5.74) is 3.17. The molecule has 0 radical (unpaired) electrons. The van der Waals surface area contributed by atoms with E-state index in [2.05, 4.69) is 28.9 Å². The Balaban J connectivity index is 1.25. The van der Waals surface area contributed by atoms with Crippen molar-refractivity contribution in [1.29, 1.82) is 0 Å². The minimum Gasteiger partial charge on any atom is -0.444 e. The Bertz CT molecular complexity index is 1060. The first-order valence-corrected chi connectivity index (χ1v) is 16.8. The number of nitrogens with zero attached hydrogens (tertiary/aromatic N) is 4. The molecular formula is C34H56N4O5. The molecule has 1 amide bonds. The number of allylic oxidation sites excluding steroid dienone is 2. The zero-order valence-electron chi connectivity index (χ0n) is 27.4. The maximum absolute atomic E-state index is 12.5. The van der Waals surface area contributed by atoms with Gasteiger partial charge < -0.3 is 28.7 Å². The van der Waals surface area contributed by atoms with Crippen LogP contribution in [-0.2, 0) is 25.5 Å². The number of carbonyl (C=O) groups is 1. The molecular weight excluding hydrogens is 544 g/mol. The van der Waals surface area contributed by atoms with Gasteiger partial charge in [0.15, 0.2) is 0 Å². The second-order valence-corrected chi connectivity index (χ2v) is 14.8. The standard InChI is InChI=1S/C34H56N4O5/c1-33(2,3)43-32(39)37(5)18-17-36(4)20-29-21-38(30-8-6-7-19-42-30)35-31(29)28-13-15-34(16-14-28,24-40-22-26-9-10-26)25-41-23-27-11-12-27/h13,21,26-27,30H,6-12,14-20,22-25H2,1-5H3. The third-order valence-electron chi connectivity index (χ3n) is 9.15. The maximum Gasteiger partial charge on any atom is 0.410 e. The number of rotatable bonds is 15. The summed E-state index contributed by atoms with van der Waals surface area (Å²) in [4.78, 5) is 16.4. The van der Waals surface area contributed by atoms with Crippen molar-refractivity contribution in [3.05, 3.63) is 23.5 Å². The van der Waals surface area contributed by atoms with Crippen LogP contribution in [0, 0.1) is 17.3 Å². The van der Waals surface area contributed by atoms with Gasteiger partial charge in [0.25, 0.3) is 0 Å². The van der Waals surface area contributed by atoms with E-state index in [1.165, 1.54) is 43.2 Å². The molecule has 3 aliphatic carbocycles. The van der Waals surface area contributed by atoms with Gasteiger partial charge in [0.05, 0.1) is 18.9 Å². The molecule has 1 unspecified atom stereocenters. The van der Waals surface area contributed by atoms with Gasteiger partial charge in [-0.25, -0.2) is 9.48 Å². The molecule has 242 valence electrons. The Hall–Kier alpha value is -1.94. The van der Waals surface area contributed by atoms with Crippen molar-refractivity contribution in [1.82, 2.24) is 19.6 Å². The molecule has 0 aromatic carbocycles. The van der Waals surface area contributed by atoms with Crippen LogP contribution < -0.4 is 0 Å². The van der Waals surface area contributed by atoms with Crippen molar-refractivity contribution in [2.24, 2.45) is 17.3 Å². The van der Waals surface area contributed by atoms with Crippen LogP contribution in [-0.4, -0.2) is 91.5 Å². The molecule has 2 saturated carbocycles. The summed E-state index contributed by atoms with van der Waals surface area (Å²) in [6.07, 6.45) is 15.8. The zero-order chi connectivity index (χ0) is 30.5. The average Bonchev–Trinajstić information content (AvgIpc) is 3.91. The first-order chi connectivity index (χ1) is 20.6. The molecule has 3 fully saturated rings. The topological polar surface area (TPSA) is 78.3 Å². The Labute approximate surface area is 259 Å². The molecule has 9 heteroatoms. The molecule has 1 aromatic rings. The number of aromatic nitrogens is 2. The molecule has 1 aliphatic heterocycles. The van der Waals surface area contributed by atoms with Gasteiger partial charge in [-0.2, -0.15) is 5.10 Å². The maximum atomic E-state index is 12.5. The number of amides is 1. The molecule has 2 heterocycles. The Morgan fingerprint density at radius 2 is 1.74 bits per heavy atom. The van der Waals surface area contributed by atoms with E-state index in [1.54, 1.807) is 11.9 Å². The Morgan fingerprint density at radius 3 is 2.30 bits per heavy atom. The summed E-state index contributed by atoms with van der Waals surface area (Å²) < 4.78 is 26.3. The smallest absolute Gasteiger partial charge is 0.410 e. The molecule has 5 rings (SSSR count). The van der Waals surface area contributed by atoms with Crippen molar-refractivity contribution in [2.75, 3.05) is 60.2 Å². The summed E-state index contributed by atoms with van der Waals surface area (Å²) in [7, 11) is 3.91. The normalized spacial score (nSPS) is 22.5. The number of carbonyl (C=O) groups excluding carboxylic acids is 1. The lowest BCUT2D eigenvalue weighted by Crippen LogP contribution is -2.38. The van der Waals surface area contributed by atoms with E-state index >= 15 is 0 Å². The van der Waals surface area contributed by atoms with Crippen LogP contribution in [0.1, 0.15) is 102 Å². The lowest BCUT2D eigenvalue weighted by molar-refractivity contribution is -0.0396. The third kappa shape index (κ3) is 10.0. The number of hydrogen-bond acceptors (Lipinski definition) is 7. The lowest BCUT2D eigenvalue weighted by Gasteiger charge is -2.36. The molecule has 4 aliphatic rings. The van der Waals surface area contributed by atoms with E-state index in [9.17, 15) is 4.79 Å². The summed E-state index contributed by atoms with van der Waals surface area (Å²) in [5, 5.41) is 5.16. The highest BCUT2D eigenvalue weighted by Gasteiger charge is 2.36. The summed E-state index contributed by atoms with van der Waals surface area (Å²) in [6.45, 7) is 11.9. The molecule has 0 N–H and O–H groups in total. The molecule has 1 aromatic heterocycles. The van der Waals surface area contributed by atoms with Crippen molar-refractivity contribution in [2.45, 2.75) is 103 Å². The minimum atomic E-state index is -0.500. The van der Waals surface area contributed by atoms with Crippen LogP contribution in [0.4, 0.5) is 4.79 Å². The van der Waals surface area contributed by atoms with Crippen LogP contribution in [0.5, 0.6) is 0 Å². The molecule has 1 atom stereocenters. The highest BCUT2D eigenvalue weighted by molar-refractivity contribution is 5.67. The Morgan fingerprint density at radius 1 is 1.05 bits per heavy atom. The monoisotopic (exact) mass is 600 g/mol. The van der Waals surface area contributed by atoms with Crippen LogP contribution in [0.25, 0.3) is 5.57 Å².